The fourth-order valence-electron chi connectivity index (χ4n) is 1.68. The van der Waals surface area contributed by atoms with Crippen molar-refractivity contribution in [2.24, 2.45) is 5.73 Å². The van der Waals surface area contributed by atoms with Crippen LogP contribution in [-0.2, 0) is 0 Å². The van der Waals surface area contributed by atoms with E-state index in [-0.39, 0.29) is 27.1 Å². The number of ether oxygens (including phenoxy) is 1. The van der Waals surface area contributed by atoms with Gasteiger partial charge in [0.1, 0.15) is 11.3 Å². The lowest BCUT2D eigenvalue weighted by atomic mass is 10.1. The van der Waals surface area contributed by atoms with Gasteiger partial charge in [-0.1, -0.05) is 34.8 Å². The van der Waals surface area contributed by atoms with Crippen LogP contribution in [-0.4, -0.2) is 10.8 Å². The minimum atomic E-state index is -0.953. The summed E-state index contributed by atoms with van der Waals surface area (Å²) in [6, 6.07) is 6.39. The predicted molar refractivity (Wildman–Crippen MR) is 83.2 cm³/mol. The van der Waals surface area contributed by atoms with Gasteiger partial charge in [-0.25, -0.2) is 0 Å². The van der Waals surface area contributed by atoms with Crippen molar-refractivity contribution in [1.29, 1.82) is 0 Å². The number of primary amides is 1. The lowest BCUT2D eigenvalue weighted by Crippen LogP contribution is -2.13. The Labute approximate surface area is 139 Å². The van der Waals surface area contributed by atoms with Crippen molar-refractivity contribution in [2.75, 3.05) is 0 Å². The molecule has 6 nitrogen and oxygen atoms in total. The van der Waals surface area contributed by atoms with Gasteiger partial charge in [0.05, 0.1) is 15.0 Å². The van der Waals surface area contributed by atoms with Crippen molar-refractivity contribution in [3.8, 4) is 11.5 Å². The second-order valence-corrected chi connectivity index (χ2v) is 5.35. The third-order valence-corrected chi connectivity index (χ3v) is 3.39. The number of nitrogens with zero attached hydrogens (tertiary/aromatic N) is 1. The summed E-state index contributed by atoms with van der Waals surface area (Å²) in [6.07, 6.45) is 0. The Bertz CT molecular complexity index is 757. The molecule has 0 saturated heterocycles. The molecule has 0 saturated carbocycles. The Kier molecular flexibility index (Phi) is 4.75. The van der Waals surface area contributed by atoms with Crippen LogP contribution < -0.4 is 10.5 Å². The number of carbonyl (C=O) groups is 1. The lowest BCUT2D eigenvalue weighted by Gasteiger charge is -2.10. The molecule has 0 fully saturated rings. The first-order valence-electron chi connectivity index (χ1n) is 5.70. The maximum Gasteiger partial charge on any atom is 0.282 e. The van der Waals surface area contributed by atoms with E-state index in [1.807, 2.05) is 0 Å². The zero-order valence-corrected chi connectivity index (χ0v) is 12.9. The highest BCUT2D eigenvalue weighted by molar-refractivity contribution is 6.40. The Morgan fingerprint density at radius 2 is 1.73 bits per heavy atom. The molecule has 0 atom stereocenters. The minimum absolute atomic E-state index is 0.108. The summed E-state index contributed by atoms with van der Waals surface area (Å²) in [5.74, 6) is -0.729. The Hall–Kier alpha value is -2.02. The number of amides is 1. The van der Waals surface area contributed by atoms with Crippen molar-refractivity contribution in [3.63, 3.8) is 0 Å². The lowest BCUT2D eigenvalue weighted by molar-refractivity contribution is -0.385. The number of nitro benzene ring substituents is 1. The number of rotatable bonds is 4. The van der Waals surface area contributed by atoms with Gasteiger partial charge in [-0.2, -0.15) is 0 Å². The van der Waals surface area contributed by atoms with Gasteiger partial charge in [0.15, 0.2) is 5.75 Å². The van der Waals surface area contributed by atoms with Crippen LogP contribution in [0.15, 0.2) is 30.3 Å². The minimum Gasteiger partial charge on any atom is -0.454 e. The van der Waals surface area contributed by atoms with Crippen LogP contribution in [0.5, 0.6) is 11.5 Å². The summed E-state index contributed by atoms with van der Waals surface area (Å²) in [4.78, 5) is 21.4. The molecule has 2 N–H and O–H groups in total. The molecule has 0 spiro atoms. The largest absolute Gasteiger partial charge is 0.454 e. The number of nitro groups is 1. The molecule has 0 aliphatic rings. The van der Waals surface area contributed by atoms with Gasteiger partial charge in [0.25, 0.3) is 11.6 Å². The van der Waals surface area contributed by atoms with E-state index in [4.69, 9.17) is 45.3 Å². The summed E-state index contributed by atoms with van der Waals surface area (Å²) >= 11 is 17.7. The SMILES string of the molecule is NC(=O)c1cc(Oc2c(Cl)cc(Cl)cc2Cl)ccc1[N+](=O)[O-]. The van der Waals surface area contributed by atoms with E-state index in [1.165, 1.54) is 18.2 Å². The van der Waals surface area contributed by atoms with Gasteiger partial charge in [0, 0.05) is 17.2 Å². The van der Waals surface area contributed by atoms with Crippen molar-refractivity contribution in [2.45, 2.75) is 0 Å². The molecule has 114 valence electrons. The van der Waals surface area contributed by atoms with E-state index in [0.717, 1.165) is 12.1 Å². The maximum atomic E-state index is 11.3. The Morgan fingerprint density at radius 1 is 1.14 bits per heavy atom. The molecule has 0 aromatic heterocycles. The molecule has 22 heavy (non-hydrogen) atoms. The van der Waals surface area contributed by atoms with E-state index in [9.17, 15) is 14.9 Å². The molecule has 2 aromatic rings. The smallest absolute Gasteiger partial charge is 0.282 e. The summed E-state index contributed by atoms with van der Waals surface area (Å²) in [5, 5.41) is 11.5. The second-order valence-electron chi connectivity index (χ2n) is 4.10. The van der Waals surface area contributed by atoms with Gasteiger partial charge in [0.2, 0.25) is 0 Å². The summed E-state index contributed by atoms with van der Waals surface area (Å²) in [7, 11) is 0. The number of carbonyl (C=O) groups excluding carboxylic acids is 1. The number of halogens is 3. The van der Waals surface area contributed by atoms with Crippen molar-refractivity contribution in [1.82, 2.24) is 0 Å². The molecule has 1 amide bonds. The van der Waals surface area contributed by atoms with E-state index in [2.05, 4.69) is 0 Å². The molecule has 2 aromatic carbocycles. The van der Waals surface area contributed by atoms with E-state index in [0.29, 0.717) is 5.02 Å². The van der Waals surface area contributed by atoms with E-state index < -0.39 is 16.5 Å². The quantitative estimate of drug-likeness (QED) is 0.643. The average molecular weight is 362 g/mol. The van der Waals surface area contributed by atoms with Crippen LogP contribution in [0, 0.1) is 10.1 Å². The molecule has 0 aliphatic carbocycles. The highest BCUT2D eigenvalue weighted by Crippen LogP contribution is 2.39. The highest BCUT2D eigenvalue weighted by Gasteiger charge is 2.20. The fourth-order valence-corrected chi connectivity index (χ4v) is 2.57. The first-order valence-corrected chi connectivity index (χ1v) is 6.83. The molecule has 0 bridgehead atoms. The van der Waals surface area contributed by atoms with E-state index >= 15 is 0 Å². The normalized spacial score (nSPS) is 10.3. The van der Waals surface area contributed by atoms with Crippen LogP contribution in [0.1, 0.15) is 10.4 Å². The summed E-state index contributed by atoms with van der Waals surface area (Å²) in [6.45, 7) is 0. The molecule has 0 aliphatic heterocycles. The summed E-state index contributed by atoms with van der Waals surface area (Å²) < 4.78 is 5.47. The summed E-state index contributed by atoms with van der Waals surface area (Å²) in [5.41, 5.74) is 4.41. The van der Waals surface area contributed by atoms with Gasteiger partial charge < -0.3 is 10.5 Å². The van der Waals surface area contributed by atoms with Crippen molar-refractivity contribution in [3.05, 3.63) is 61.1 Å². The molecular formula is C13H7Cl3N2O4. The standard InChI is InChI=1S/C13H7Cl3N2O4/c14-6-3-9(15)12(10(16)4-6)22-7-1-2-11(18(20)21)8(5-7)13(17)19/h1-5H,(H2,17,19). The molecule has 0 unspecified atom stereocenters. The van der Waals surface area contributed by atoms with E-state index in [1.54, 1.807) is 0 Å². The Morgan fingerprint density at radius 3 is 2.23 bits per heavy atom. The molecule has 0 heterocycles. The van der Waals surface area contributed by atoms with Crippen LogP contribution in [0.2, 0.25) is 15.1 Å². The third-order valence-electron chi connectivity index (χ3n) is 2.61. The second kappa shape index (κ2) is 6.39. The van der Waals surface area contributed by atoms with Crippen LogP contribution in [0.4, 0.5) is 5.69 Å². The molecule has 9 heteroatoms. The van der Waals surface area contributed by atoms with Gasteiger partial charge in [-0.15, -0.1) is 0 Å². The van der Waals surface area contributed by atoms with Crippen LogP contribution >= 0.6 is 34.8 Å². The fraction of sp³-hybridized carbons (Fsp3) is 0. The van der Waals surface area contributed by atoms with Crippen molar-refractivity contribution >= 4 is 46.4 Å². The first kappa shape index (κ1) is 16.4. The molecule has 2 rings (SSSR count). The third kappa shape index (κ3) is 3.41. The van der Waals surface area contributed by atoms with Crippen LogP contribution in [0.25, 0.3) is 0 Å². The molecule has 0 radical (unpaired) electrons. The Balaban J connectivity index is 2.45. The predicted octanol–water partition coefficient (Wildman–Crippen LogP) is 4.45. The first-order chi connectivity index (χ1) is 10.3. The highest BCUT2D eigenvalue weighted by atomic mass is 35.5. The monoisotopic (exact) mass is 360 g/mol. The molecular weight excluding hydrogens is 355 g/mol. The number of hydrogen-bond acceptors (Lipinski definition) is 4. The number of nitrogens with two attached hydrogens (primary N) is 1. The van der Waals surface area contributed by atoms with Crippen molar-refractivity contribution < 1.29 is 14.5 Å². The number of benzene rings is 2. The average Bonchev–Trinajstić information content (AvgIpc) is 2.42. The maximum absolute atomic E-state index is 11.3. The zero-order chi connectivity index (χ0) is 16.4. The van der Waals surface area contributed by atoms with Crippen LogP contribution in [0.3, 0.4) is 0 Å². The topological polar surface area (TPSA) is 95.5 Å². The number of hydrogen-bond donors (Lipinski definition) is 1. The van der Waals surface area contributed by atoms with Gasteiger partial charge in [-0.3, -0.25) is 14.9 Å². The van der Waals surface area contributed by atoms with Gasteiger partial charge in [-0.05, 0) is 18.2 Å². The van der Waals surface area contributed by atoms with Gasteiger partial charge >= 0.3 is 0 Å². The zero-order valence-electron chi connectivity index (χ0n) is 10.7.